The summed E-state index contributed by atoms with van der Waals surface area (Å²) in [7, 11) is 0. The second-order valence-corrected chi connectivity index (χ2v) is 4.46. The molecule has 0 N–H and O–H groups in total. The number of piperidine rings is 1. The van der Waals surface area contributed by atoms with E-state index < -0.39 is 0 Å². The van der Waals surface area contributed by atoms with Crippen molar-refractivity contribution in [3.63, 3.8) is 0 Å². The molecule has 88 valence electrons. The molecule has 0 aromatic heterocycles. The number of hydrogen-bond acceptors (Lipinski definition) is 2. The molecule has 0 saturated carbocycles. The van der Waals surface area contributed by atoms with E-state index in [4.69, 9.17) is 0 Å². The summed E-state index contributed by atoms with van der Waals surface area (Å²) in [6, 6.07) is -0.203. The van der Waals surface area contributed by atoms with Crippen LogP contribution in [0, 0.1) is 5.92 Å². The molecule has 0 unspecified atom stereocenters. The zero-order valence-corrected chi connectivity index (χ0v) is 9.69. The number of hydrogen-bond donors (Lipinski definition) is 0. The van der Waals surface area contributed by atoms with Crippen LogP contribution in [-0.4, -0.2) is 47.3 Å². The van der Waals surface area contributed by atoms with E-state index in [-0.39, 0.29) is 17.9 Å². The van der Waals surface area contributed by atoms with Crippen LogP contribution in [0.3, 0.4) is 0 Å². The molecule has 2 atom stereocenters. The van der Waals surface area contributed by atoms with Crippen LogP contribution in [-0.2, 0) is 9.59 Å². The highest BCUT2D eigenvalue weighted by atomic mass is 16.2. The third-order valence-electron chi connectivity index (χ3n) is 3.54. The molecule has 2 heterocycles. The minimum absolute atomic E-state index is 0.0970. The SMILES string of the molecule is C=CCN1C[C@@H]2CCC(=O)N(CC)[C@@H]2C1=O. The number of nitrogens with zero attached hydrogens (tertiary/aromatic N) is 2. The van der Waals surface area contributed by atoms with E-state index in [1.807, 2.05) is 11.8 Å². The Morgan fingerprint density at radius 3 is 2.88 bits per heavy atom. The van der Waals surface area contributed by atoms with Crippen molar-refractivity contribution in [3.05, 3.63) is 12.7 Å². The lowest BCUT2D eigenvalue weighted by Gasteiger charge is -2.34. The summed E-state index contributed by atoms with van der Waals surface area (Å²) >= 11 is 0. The van der Waals surface area contributed by atoms with Gasteiger partial charge in [0, 0.05) is 32.0 Å². The lowest BCUT2D eigenvalue weighted by atomic mass is 9.91. The smallest absolute Gasteiger partial charge is 0.246 e. The zero-order valence-electron chi connectivity index (χ0n) is 9.69. The number of carbonyl (C=O) groups excluding carboxylic acids is 2. The van der Waals surface area contributed by atoms with Crippen LogP contribution >= 0.6 is 0 Å². The predicted octanol–water partition coefficient (Wildman–Crippen LogP) is 0.642. The van der Waals surface area contributed by atoms with E-state index >= 15 is 0 Å². The summed E-state index contributed by atoms with van der Waals surface area (Å²) < 4.78 is 0. The minimum Gasteiger partial charge on any atom is -0.337 e. The summed E-state index contributed by atoms with van der Waals surface area (Å²) in [6.07, 6.45) is 3.18. The van der Waals surface area contributed by atoms with Gasteiger partial charge in [0.2, 0.25) is 11.8 Å². The number of carbonyl (C=O) groups is 2. The van der Waals surface area contributed by atoms with E-state index in [2.05, 4.69) is 6.58 Å². The maximum atomic E-state index is 12.1. The Labute approximate surface area is 95.9 Å². The van der Waals surface area contributed by atoms with Gasteiger partial charge < -0.3 is 9.80 Å². The fourth-order valence-corrected chi connectivity index (χ4v) is 2.80. The van der Waals surface area contributed by atoms with E-state index in [0.717, 1.165) is 13.0 Å². The van der Waals surface area contributed by atoms with Crippen LogP contribution in [0.4, 0.5) is 0 Å². The Kier molecular flexibility index (Phi) is 2.99. The Morgan fingerprint density at radius 2 is 2.25 bits per heavy atom. The maximum Gasteiger partial charge on any atom is 0.246 e. The molecule has 0 aromatic rings. The van der Waals surface area contributed by atoms with Crippen molar-refractivity contribution in [2.75, 3.05) is 19.6 Å². The molecule has 2 rings (SSSR count). The number of amides is 2. The number of likely N-dealkylation sites (N-methyl/N-ethyl adjacent to an activating group) is 1. The van der Waals surface area contributed by atoms with Crippen LogP contribution in [0.2, 0.25) is 0 Å². The van der Waals surface area contributed by atoms with Crippen LogP contribution in [0.5, 0.6) is 0 Å². The highest BCUT2D eigenvalue weighted by Gasteiger charge is 2.46. The highest BCUT2D eigenvalue weighted by Crippen LogP contribution is 2.31. The molecular weight excluding hydrogens is 204 g/mol. The first-order chi connectivity index (χ1) is 7.69. The Bertz CT molecular complexity index is 327. The second kappa shape index (κ2) is 4.28. The van der Waals surface area contributed by atoms with Crippen LogP contribution in [0.1, 0.15) is 19.8 Å². The standard InChI is InChI=1S/C12H18N2O2/c1-3-7-13-8-9-5-6-10(15)14(4-2)11(9)12(13)16/h3,9,11H,1,4-8H2,2H3/t9-,11-/m0/s1. The van der Waals surface area contributed by atoms with Gasteiger partial charge in [0.15, 0.2) is 0 Å². The minimum atomic E-state index is -0.203. The van der Waals surface area contributed by atoms with Crippen molar-refractivity contribution >= 4 is 11.8 Å². The van der Waals surface area contributed by atoms with Crippen molar-refractivity contribution in [2.45, 2.75) is 25.8 Å². The Morgan fingerprint density at radius 1 is 1.50 bits per heavy atom. The van der Waals surface area contributed by atoms with Gasteiger partial charge in [-0.15, -0.1) is 6.58 Å². The van der Waals surface area contributed by atoms with Gasteiger partial charge in [-0.3, -0.25) is 9.59 Å². The van der Waals surface area contributed by atoms with Crippen molar-refractivity contribution in [3.8, 4) is 0 Å². The van der Waals surface area contributed by atoms with Crippen LogP contribution in [0.25, 0.3) is 0 Å². The molecule has 4 nitrogen and oxygen atoms in total. The fourth-order valence-electron chi connectivity index (χ4n) is 2.80. The molecule has 2 amide bonds. The molecule has 4 heteroatoms. The lowest BCUT2D eigenvalue weighted by Crippen LogP contribution is -2.50. The topological polar surface area (TPSA) is 40.6 Å². The Balaban J connectivity index is 2.18. The maximum absolute atomic E-state index is 12.1. The van der Waals surface area contributed by atoms with Crippen LogP contribution in [0.15, 0.2) is 12.7 Å². The molecule has 2 fully saturated rings. The molecule has 0 radical (unpaired) electrons. The first-order valence-corrected chi connectivity index (χ1v) is 5.88. The molecular formula is C12H18N2O2. The first-order valence-electron chi connectivity index (χ1n) is 5.88. The van der Waals surface area contributed by atoms with E-state index in [0.29, 0.717) is 25.4 Å². The third kappa shape index (κ3) is 1.62. The van der Waals surface area contributed by atoms with Gasteiger partial charge in [-0.1, -0.05) is 6.08 Å². The summed E-state index contributed by atoms with van der Waals surface area (Å²) in [5, 5.41) is 0. The van der Waals surface area contributed by atoms with E-state index in [1.54, 1.807) is 11.0 Å². The largest absolute Gasteiger partial charge is 0.337 e. The normalized spacial score (nSPS) is 29.6. The predicted molar refractivity (Wildman–Crippen MR) is 60.7 cm³/mol. The highest BCUT2D eigenvalue weighted by molar-refractivity contribution is 5.91. The molecule has 2 saturated heterocycles. The fraction of sp³-hybridized carbons (Fsp3) is 0.667. The molecule has 0 aliphatic carbocycles. The third-order valence-corrected chi connectivity index (χ3v) is 3.54. The zero-order chi connectivity index (χ0) is 11.7. The molecule has 0 spiro atoms. The first kappa shape index (κ1) is 11.2. The number of likely N-dealkylation sites (tertiary alicyclic amines) is 2. The van der Waals surface area contributed by atoms with Gasteiger partial charge in [-0.2, -0.15) is 0 Å². The van der Waals surface area contributed by atoms with Crippen molar-refractivity contribution in [1.29, 1.82) is 0 Å². The van der Waals surface area contributed by atoms with Gasteiger partial charge in [0.1, 0.15) is 6.04 Å². The summed E-state index contributed by atoms with van der Waals surface area (Å²) in [6.45, 7) is 7.59. The number of rotatable bonds is 3. The van der Waals surface area contributed by atoms with E-state index in [1.165, 1.54) is 0 Å². The summed E-state index contributed by atoms with van der Waals surface area (Å²) in [4.78, 5) is 27.4. The van der Waals surface area contributed by atoms with Crippen molar-refractivity contribution < 1.29 is 9.59 Å². The summed E-state index contributed by atoms with van der Waals surface area (Å²) in [5.41, 5.74) is 0. The number of fused-ring (bicyclic) bond motifs is 1. The van der Waals surface area contributed by atoms with Gasteiger partial charge >= 0.3 is 0 Å². The van der Waals surface area contributed by atoms with Crippen LogP contribution < -0.4 is 0 Å². The molecule has 16 heavy (non-hydrogen) atoms. The Hall–Kier alpha value is -1.32. The van der Waals surface area contributed by atoms with Gasteiger partial charge in [0.25, 0.3) is 0 Å². The lowest BCUT2D eigenvalue weighted by molar-refractivity contribution is -0.145. The average Bonchev–Trinajstić information content (AvgIpc) is 2.58. The van der Waals surface area contributed by atoms with Gasteiger partial charge in [-0.25, -0.2) is 0 Å². The van der Waals surface area contributed by atoms with Gasteiger partial charge in [-0.05, 0) is 13.3 Å². The van der Waals surface area contributed by atoms with Crippen molar-refractivity contribution in [2.24, 2.45) is 5.92 Å². The molecule has 2 aliphatic rings. The second-order valence-electron chi connectivity index (χ2n) is 4.46. The van der Waals surface area contributed by atoms with E-state index in [9.17, 15) is 9.59 Å². The van der Waals surface area contributed by atoms with Crippen molar-refractivity contribution in [1.82, 2.24) is 9.80 Å². The molecule has 0 bridgehead atoms. The average molecular weight is 222 g/mol. The van der Waals surface area contributed by atoms with Gasteiger partial charge in [0.05, 0.1) is 0 Å². The molecule has 2 aliphatic heterocycles. The quantitative estimate of drug-likeness (QED) is 0.658. The summed E-state index contributed by atoms with van der Waals surface area (Å²) in [5.74, 6) is 0.544. The molecule has 0 aromatic carbocycles. The monoisotopic (exact) mass is 222 g/mol.